The van der Waals surface area contributed by atoms with E-state index in [0.717, 1.165) is 35.7 Å². The molecule has 1 aromatic carbocycles. The lowest BCUT2D eigenvalue weighted by atomic mass is 9.98. The first kappa shape index (κ1) is 21.6. The van der Waals surface area contributed by atoms with Crippen molar-refractivity contribution >= 4 is 35.1 Å². The smallest absolute Gasteiger partial charge is 0.410 e. The van der Waals surface area contributed by atoms with Gasteiger partial charge in [0, 0.05) is 37.9 Å². The minimum Gasteiger partial charge on any atom is -0.444 e. The highest BCUT2D eigenvalue weighted by atomic mass is 35.5. The van der Waals surface area contributed by atoms with Crippen LogP contribution in [-0.4, -0.2) is 59.4 Å². The van der Waals surface area contributed by atoms with Crippen LogP contribution < -0.4 is 10.2 Å². The van der Waals surface area contributed by atoms with E-state index in [1.54, 1.807) is 11.0 Å². The Labute approximate surface area is 187 Å². The van der Waals surface area contributed by atoms with E-state index in [1.165, 1.54) is 0 Å². The molecule has 4 rings (SSSR count). The number of carbonyl (C=O) groups is 1. The molecule has 0 bridgehead atoms. The van der Waals surface area contributed by atoms with Gasteiger partial charge >= 0.3 is 6.09 Å². The first-order valence-corrected chi connectivity index (χ1v) is 10.9. The molecule has 3 heterocycles. The number of benzene rings is 1. The summed E-state index contributed by atoms with van der Waals surface area (Å²) in [4.78, 5) is 25.4. The fourth-order valence-electron chi connectivity index (χ4n) is 3.75. The van der Waals surface area contributed by atoms with E-state index in [4.69, 9.17) is 21.1 Å². The highest BCUT2D eigenvalue weighted by Gasteiger charge is 2.27. The van der Waals surface area contributed by atoms with Crippen molar-refractivity contribution in [2.75, 3.05) is 43.1 Å². The van der Waals surface area contributed by atoms with Gasteiger partial charge in [-0.25, -0.2) is 9.78 Å². The third-order valence-electron chi connectivity index (χ3n) is 5.18. The predicted octanol–water partition coefficient (Wildman–Crippen LogP) is 4.00. The number of ether oxygens (including phenoxy) is 2. The van der Waals surface area contributed by atoms with Gasteiger partial charge in [-0.05, 0) is 44.4 Å². The van der Waals surface area contributed by atoms with E-state index in [9.17, 15) is 4.79 Å². The largest absolute Gasteiger partial charge is 0.444 e. The molecule has 0 atom stereocenters. The Morgan fingerprint density at radius 1 is 1.19 bits per heavy atom. The zero-order valence-corrected chi connectivity index (χ0v) is 18.9. The monoisotopic (exact) mass is 445 g/mol. The Morgan fingerprint density at radius 2 is 1.97 bits per heavy atom. The SMILES string of the molecule is CC(C)(C)OC(=O)N1CCc2c(cccc2Nc2nc(Cl)cc(N3CCOCC3)n2)C1. The molecule has 31 heavy (non-hydrogen) atoms. The van der Waals surface area contributed by atoms with Crippen LogP contribution in [-0.2, 0) is 22.4 Å². The van der Waals surface area contributed by atoms with Gasteiger partial charge in [-0.3, -0.25) is 0 Å². The maximum Gasteiger partial charge on any atom is 0.410 e. The molecule has 1 N–H and O–H groups in total. The van der Waals surface area contributed by atoms with Crippen LogP contribution >= 0.6 is 11.6 Å². The number of morpholine rings is 1. The fraction of sp³-hybridized carbons (Fsp3) is 0.500. The lowest BCUT2D eigenvalue weighted by Gasteiger charge is -2.32. The summed E-state index contributed by atoms with van der Waals surface area (Å²) in [7, 11) is 0. The summed E-state index contributed by atoms with van der Waals surface area (Å²) in [5, 5.41) is 3.72. The number of anilines is 3. The van der Waals surface area contributed by atoms with E-state index < -0.39 is 5.60 Å². The Balaban J connectivity index is 1.52. The molecule has 9 heteroatoms. The average molecular weight is 446 g/mol. The minimum absolute atomic E-state index is 0.287. The zero-order chi connectivity index (χ0) is 22.0. The number of fused-ring (bicyclic) bond motifs is 1. The maximum atomic E-state index is 12.5. The summed E-state index contributed by atoms with van der Waals surface area (Å²) >= 11 is 6.28. The first-order chi connectivity index (χ1) is 14.8. The summed E-state index contributed by atoms with van der Waals surface area (Å²) in [6.07, 6.45) is 0.430. The summed E-state index contributed by atoms with van der Waals surface area (Å²) in [6.45, 7) is 9.62. The van der Waals surface area contributed by atoms with Crippen LogP contribution in [0.15, 0.2) is 24.3 Å². The van der Waals surface area contributed by atoms with Crippen molar-refractivity contribution in [1.29, 1.82) is 0 Å². The van der Waals surface area contributed by atoms with Crippen LogP contribution in [0.1, 0.15) is 31.9 Å². The number of aromatic nitrogens is 2. The number of nitrogens with zero attached hydrogens (tertiary/aromatic N) is 4. The van der Waals surface area contributed by atoms with Crippen molar-refractivity contribution in [2.45, 2.75) is 39.3 Å². The van der Waals surface area contributed by atoms with Crippen molar-refractivity contribution in [3.05, 3.63) is 40.5 Å². The second-order valence-corrected chi connectivity index (χ2v) is 9.08. The summed E-state index contributed by atoms with van der Waals surface area (Å²) in [5.74, 6) is 1.24. The number of rotatable bonds is 3. The molecular formula is C22H28ClN5O3. The minimum atomic E-state index is -0.511. The molecule has 0 saturated carbocycles. The van der Waals surface area contributed by atoms with Crippen molar-refractivity contribution in [3.63, 3.8) is 0 Å². The highest BCUT2D eigenvalue weighted by Crippen LogP contribution is 2.29. The highest BCUT2D eigenvalue weighted by molar-refractivity contribution is 6.29. The van der Waals surface area contributed by atoms with Crippen LogP contribution in [0, 0.1) is 0 Å². The molecule has 2 aliphatic rings. The summed E-state index contributed by atoms with van der Waals surface area (Å²) in [6, 6.07) is 7.78. The summed E-state index contributed by atoms with van der Waals surface area (Å²) in [5.41, 5.74) is 2.65. The molecule has 8 nitrogen and oxygen atoms in total. The summed E-state index contributed by atoms with van der Waals surface area (Å²) < 4.78 is 10.9. The lowest BCUT2D eigenvalue weighted by Crippen LogP contribution is -2.40. The second kappa shape index (κ2) is 8.88. The third-order valence-corrected chi connectivity index (χ3v) is 5.37. The number of carbonyl (C=O) groups excluding carboxylic acids is 1. The van der Waals surface area contributed by atoms with E-state index >= 15 is 0 Å². The third kappa shape index (κ3) is 5.37. The van der Waals surface area contributed by atoms with Crippen molar-refractivity contribution in [2.24, 2.45) is 0 Å². The second-order valence-electron chi connectivity index (χ2n) is 8.69. The molecule has 1 saturated heterocycles. The molecule has 1 fully saturated rings. The molecule has 0 aliphatic carbocycles. The Morgan fingerprint density at radius 3 is 2.71 bits per heavy atom. The predicted molar refractivity (Wildman–Crippen MR) is 120 cm³/mol. The number of halogens is 1. The van der Waals surface area contributed by atoms with Gasteiger partial charge in [0.05, 0.1) is 13.2 Å². The van der Waals surface area contributed by atoms with Crippen molar-refractivity contribution < 1.29 is 14.3 Å². The topological polar surface area (TPSA) is 79.8 Å². The van der Waals surface area contributed by atoms with Crippen LogP contribution in [0.5, 0.6) is 0 Å². The molecule has 1 aromatic heterocycles. The number of amides is 1. The van der Waals surface area contributed by atoms with Gasteiger partial charge in [-0.2, -0.15) is 4.98 Å². The van der Waals surface area contributed by atoms with Crippen LogP contribution in [0.25, 0.3) is 0 Å². The van der Waals surface area contributed by atoms with Crippen LogP contribution in [0.4, 0.5) is 22.2 Å². The normalized spacial score (nSPS) is 16.6. The van der Waals surface area contributed by atoms with Gasteiger partial charge in [-0.1, -0.05) is 23.7 Å². The molecule has 0 radical (unpaired) electrons. The van der Waals surface area contributed by atoms with Gasteiger partial charge < -0.3 is 24.6 Å². The van der Waals surface area contributed by atoms with Gasteiger partial charge in [0.15, 0.2) is 0 Å². The standard InChI is InChI=1S/C22H28ClN5O3/c1-22(2,3)31-21(29)28-8-7-16-15(14-28)5-4-6-17(16)24-20-25-18(23)13-19(26-20)27-9-11-30-12-10-27/h4-6,13H,7-12,14H2,1-3H3,(H,24,25,26). The van der Waals surface area contributed by atoms with Gasteiger partial charge in [0.25, 0.3) is 0 Å². The molecule has 0 spiro atoms. The van der Waals surface area contributed by atoms with E-state index in [1.807, 2.05) is 39.0 Å². The zero-order valence-electron chi connectivity index (χ0n) is 18.2. The molecule has 166 valence electrons. The molecular weight excluding hydrogens is 418 g/mol. The molecule has 2 aliphatic heterocycles. The Bertz CT molecular complexity index is 957. The number of nitrogens with one attached hydrogen (secondary N) is 1. The molecule has 1 amide bonds. The van der Waals surface area contributed by atoms with Crippen LogP contribution in [0.2, 0.25) is 5.15 Å². The molecule has 2 aromatic rings. The van der Waals surface area contributed by atoms with Crippen LogP contribution in [0.3, 0.4) is 0 Å². The number of hydrogen-bond acceptors (Lipinski definition) is 7. The van der Waals surface area contributed by atoms with Gasteiger partial charge in [0.2, 0.25) is 5.95 Å². The maximum absolute atomic E-state index is 12.5. The lowest BCUT2D eigenvalue weighted by molar-refractivity contribution is 0.0224. The Hall–Kier alpha value is -2.58. The Kier molecular flexibility index (Phi) is 6.20. The first-order valence-electron chi connectivity index (χ1n) is 10.5. The number of hydrogen-bond donors (Lipinski definition) is 1. The van der Waals surface area contributed by atoms with Gasteiger partial charge in [0.1, 0.15) is 16.6 Å². The van der Waals surface area contributed by atoms with E-state index in [2.05, 4.69) is 20.2 Å². The van der Waals surface area contributed by atoms with Crippen molar-refractivity contribution in [3.8, 4) is 0 Å². The average Bonchev–Trinajstić information content (AvgIpc) is 2.72. The van der Waals surface area contributed by atoms with E-state index in [0.29, 0.717) is 43.8 Å². The van der Waals surface area contributed by atoms with Crippen molar-refractivity contribution in [1.82, 2.24) is 14.9 Å². The van der Waals surface area contributed by atoms with Gasteiger partial charge in [-0.15, -0.1) is 0 Å². The van der Waals surface area contributed by atoms with E-state index in [-0.39, 0.29) is 6.09 Å². The quantitative estimate of drug-likeness (QED) is 0.715. The fourth-order valence-corrected chi connectivity index (χ4v) is 3.92. The molecule has 0 unspecified atom stereocenters.